The van der Waals surface area contributed by atoms with Gasteiger partial charge >= 0.3 is 0 Å². The molecule has 0 spiro atoms. The zero-order valence-corrected chi connectivity index (χ0v) is 13.2. The average Bonchev–Trinajstić information content (AvgIpc) is 2.79. The number of allylic oxidation sites excluding steroid dienone is 4. The van der Waals surface area contributed by atoms with E-state index in [9.17, 15) is 0 Å². The van der Waals surface area contributed by atoms with Gasteiger partial charge in [-0.3, -0.25) is 0 Å². The molecule has 1 aliphatic rings. The third-order valence-corrected chi connectivity index (χ3v) is 7.96. The molecular weight excluding hydrogens is 232 g/mol. The van der Waals surface area contributed by atoms with E-state index in [0.29, 0.717) is 5.54 Å². The Labute approximate surface area is 112 Å². The Morgan fingerprint density at radius 1 is 1.00 bits per heavy atom. The fourth-order valence-corrected chi connectivity index (χ4v) is 6.18. The van der Waals surface area contributed by atoms with Crippen LogP contribution in [0.15, 0.2) is 54.1 Å². The van der Waals surface area contributed by atoms with Crippen LogP contribution in [0, 0.1) is 5.41 Å². The van der Waals surface area contributed by atoms with Crippen LogP contribution in [0.5, 0.6) is 0 Å². The molecule has 1 heteroatoms. The van der Waals surface area contributed by atoms with E-state index in [4.69, 9.17) is 0 Å². The molecule has 1 aromatic carbocycles. The van der Waals surface area contributed by atoms with Crippen LogP contribution in [-0.4, -0.2) is 8.07 Å². The van der Waals surface area contributed by atoms with Crippen LogP contribution < -0.4 is 5.19 Å². The molecule has 1 atom stereocenters. The number of rotatable bonds is 2. The summed E-state index contributed by atoms with van der Waals surface area (Å²) in [5.74, 6) is 0. The number of hydrogen-bond donors (Lipinski definition) is 0. The minimum absolute atomic E-state index is 0.271. The number of hydrogen-bond acceptors (Lipinski definition) is 0. The Bertz CT molecular complexity index is 472. The van der Waals surface area contributed by atoms with Crippen molar-refractivity contribution >= 4 is 13.3 Å². The summed E-state index contributed by atoms with van der Waals surface area (Å²) in [6.45, 7) is 12.0. The molecular formula is C17H24Si. The van der Waals surface area contributed by atoms with Gasteiger partial charge in [0.25, 0.3) is 0 Å². The molecule has 0 N–H and O–H groups in total. The van der Waals surface area contributed by atoms with Gasteiger partial charge in [0.15, 0.2) is 0 Å². The van der Waals surface area contributed by atoms with E-state index in [1.54, 1.807) is 10.8 Å². The molecule has 0 saturated carbocycles. The average molecular weight is 256 g/mol. The molecule has 2 rings (SSSR count). The lowest BCUT2D eigenvalue weighted by Gasteiger charge is -2.36. The first-order valence-electron chi connectivity index (χ1n) is 6.78. The first-order chi connectivity index (χ1) is 8.33. The van der Waals surface area contributed by atoms with Crippen LogP contribution in [0.2, 0.25) is 18.6 Å². The molecule has 0 radical (unpaired) electrons. The summed E-state index contributed by atoms with van der Waals surface area (Å²) >= 11 is 0. The summed E-state index contributed by atoms with van der Waals surface area (Å²) in [6, 6.07) is 11.1. The molecule has 96 valence electrons. The summed E-state index contributed by atoms with van der Waals surface area (Å²) in [6.07, 6.45) is 7.01. The highest BCUT2D eigenvalue weighted by Gasteiger charge is 2.39. The molecule has 0 nitrogen and oxygen atoms in total. The van der Waals surface area contributed by atoms with Crippen molar-refractivity contribution in [1.29, 1.82) is 0 Å². The van der Waals surface area contributed by atoms with Crippen molar-refractivity contribution in [2.75, 3.05) is 0 Å². The van der Waals surface area contributed by atoms with Gasteiger partial charge < -0.3 is 0 Å². The van der Waals surface area contributed by atoms with Crippen LogP contribution in [0.3, 0.4) is 0 Å². The molecule has 1 unspecified atom stereocenters. The Morgan fingerprint density at radius 2 is 1.61 bits per heavy atom. The van der Waals surface area contributed by atoms with Crippen LogP contribution in [0.25, 0.3) is 0 Å². The maximum atomic E-state index is 2.49. The Kier molecular flexibility index (Phi) is 3.37. The maximum absolute atomic E-state index is 2.49. The van der Waals surface area contributed by atoms with Crippen LogP contribution in [0.1, 0.15) is 20.8 Å². The minimum Gasteiger partial charge on any atom is -0.0797 e. The van der Waals surface area contributed by atoms with Crippen molar-refractivity contribution in [1.82, 2.24) is 0 Å². The second-order valence-electron chi connectivity index (χ2n) is 6.82. The molecule has 0 aliphatic heterocycles. The second-order valence-corrected chi connectivity index (χ2v) is 11.5. The van der Waals surface area contributed by atoms with Crippen molar-refractivity contribution in [3.63, 3.8) is 0 Å². The van der Waals surface area contributed by atoms with Gasteiger partial charge in [0, 0.05) is 0 Å². The van der Waals surface area contributed by atoms with Crippen molar-refractivity contribution in [3.8, 4) is 0 Å². The van der Waals surface area contributed by atoms with Gasteiger partial charge in [0.1, 0.15) is 0 Å². The topological polar surface area (TPSA) is 0 Å². The molecule has 0 fully saturated rings. The van der Waals surface area contributed by atoms with Gasteiger partial charge in [-0.25, -0.2) is 0 Å². The lowest BCUT2D eigenvalue weighted by atomic mass is 9.85. The molecule has 0 saturated heterocycles. The highest BCUT2D eigenvalue weighted by molar-refractivity contribution is 6.92. The Hall–Kier alpha value is -1.08. The highest BCUT2D eigenvalue weighted by Crippen LogP contribution is 2.44. The lowest BCUT2D eigenvalue weighted by Crippen LogP contribution is -2.46. The molecule has 0 heterocycles. The summed E-state index contributed by atoms with van der Waals surface area (Å²) in [7, 11) is -1.47. The van der Waals surface area contributed by atoms with Crippen LogP contribution in [-0.2, 0) is 0 Å². The van der Waals surface area contributed by atoms with Gasteiger partial charge in [-0.2, -0.15) is 0 Å². The summed E-state index contributed by atoms with van der Waals surface area (Å²) < 4.78 is 0. The molecule has 0 aromatic heterocycles. The van der Waals surface area contributed by atoms with Crippen molar-refractivity contribution in [2.24, 2.45) is 5.41 Å². The molecule has 1 aromatic rings. The summed E-state index contributed by atoms with van der Waals surface area (Å²) in [4.78, 5) is 0. The third kappa shape index (κ3) is 2.37. The van der Waals surface area contributed by atoms with E-state index in [2.05, 4.69) is 82.4 Å². The van der Waals surface area contributed by atoms with Gasteiger partial charge in [-0.05, 0) is 11.0 Å². The van der Waals surface area contributed by atoms with E-state index < -0.39 is 8.07 Å². The van der Waals surface area contributed by atoms with Gasteiger partial charge in [0.2, 0.25) is 0 Å². The predicted octanol–water partition coefficient (Wildman–Crippen LogP) is 4.51. The smallest absolute Gasteiger partial charge is 0.0797 e. The highest BCUT2D eigenvalue weighted by atomic mass is 28.3. The van der Waals surface area contributed by atoms with Crippen LogP contribution in [0.4, 0.5) is 0 Å². The Balaban J connectivity index is 2.37. The largest absolute Gasteiger partial charge is 0.0915 e. The van der Waals surface area contributed by atoms with Gasteiger partial charge in [-0.15, -0.1) is 0 Å². The lowest BCUT2D eigenvalue weighted by molar-refractivity contribution is 0.494. The molecule has 18 heavy (non-hydrogen) atoms. The fourth-order valence-electron chi connectivity index (χ4n) is 2.87. The quantitative estimate of drug-likeness (QED) is 0.683. The monoisotopic (exact) mass is 256 g/mol. The van der Waals surface area contributed by atoms with Crippen molar-refractivity contribution in [3.05, 3.63) is 54.1 Å². The van der Waals surface area contributed by atoms with E-state index in [-0.39, 0.29) is 5.41 Å². The van der Waals surface area contributed by atoms with Crippen LogP contribution >= 0.6 is 0 Å². The number of benzene rings is 1. The zero-order valence-electron chi connectivity index (χ0n) is 12.2. The molecule has 1 aliphatic carbocycles. The predicted molar refractivity (Wildman–Crippen MR) is 84.0 cm³/mol. The third-order valence-electron chi connectivity index (χ3n) is 4.08. The van der Waals surface area contributed by atoms with E-state index in [1.165, 1.54) is 0 Å². The SMILES string of the molecule is CC(C)(C)C1=CC=CC1[Si](C)(C)c1ccccc1. The van der Waals surface area contributed by atoms with E-state index in [1.807, 2.05) is 0 Å². The normalized spacial score (nSPS) is 20.1. The first kappa shape index (κ1) is 13.4. The standard InChI is InChI=1S/C17H24Si/c1-17(2,3)15-12-9-13-16(15)18(4,5)14-10-7-6-8-11-14/h6-13,16H,1-5H3. The molecule has 0 bridgehead atoms. The van der Waals surface area contributed by atoms with Crippen molar-refractivity contribution < 1.29 is 0 Å². The van der Waals surface area contributed by atoms with Gasteiger partial charge in [-0.1, -0.05) is 93.2 Å². The summed E-state index contributed by atoms with van der Waals surface area (Å²) in [5, 5.41) is 1.55. The Morgan fingerprint density at radius 3 is 2.17 bits per heavy atom. The first-order valence-corrected chi connectivity index (χ1v) is 9.85. The molecule has 0 amide bonds. The fraction of sp³-hybridized carbons (Fsp3) is 0.412. The summed E-state index contributed by atoms with van der Waals surface area (Å²) in [5.41, 5.74) is 2.51. The van der Waals surface area contributed by atoms with Crippen molar-refractivity contribution in [2.45, 2.75) is 39.4 Å². The van der Waals surface area contributed by atoms with E-state index in [0.717, 1.165) is 0 Å². The van der Waals surface area contributed by atoms with E-state index >= 15 is 0 Å². The van der Waals surface area contributed by atoms with Gasteiger partial charge in [0.05, 0.1) is 8.07 Å². The second kappa shape index (κ2) is 4.54. The zero-order chi connectivity index (χ0) is 13.4. The maximum Gasteiger partial charge on any atom is 0.0915 e. The minimum atomic E-state index is -1.47.